The Morgan fingerprint density at radius 1 is 0.795 bits per heavy atom. The van der Waals surface area contributed by atoms with Crippen molar-refractivity contribution in [2.75, 3.05) is 39.6 Å². The number of allylic oxidation sites excluding steroid dienone is 1. The molecule has 13 nitrogen and oxygen atoms in total. The number of aliphatic hydroxyl groups is 2. The van der Waals surface area contributed by atoms with Crippen LogP contribution in [0.15, 0.2) is 133 Å². The van der Waals surface area contributed by atoms with Crippen LogP contribution < -0.4 is 14.8 Å². The molecule has 7 rings (SSSR count). The second-order valence-electron chi connectivity index (χ2n) is 20.9. The summed E-state index contributed by atoms with van der Waals surface area (Å²) in [6.45, 7) is 7.52. The molecule has 3 N–H and O–H groups in total. The summed E-state index contributed by atoms with van der Waals surface area (Å²) in [6.07, 6.45) is 18.9. The molecule has 4 aromatic carbocycles. The molecule has 2 aliphatic carbocycles. The summed E-state index contributed by atoms with van der Waals surface area (Å²) in [4.78, 5) is 36.5. The first-order chi connectivity index (χ1) is 38.3. The number of carbonyl (C=O) groups excluding carboxylic acids is 2. The second-order valence-corrected chi connectivity index (χ2v) is 20.9. The van der Waals surface area contributed by atoms with Gasteiger partial charge in [0, 0.05) is 44.2 Å². The number of benzene rings is 4. The van der Waals surface area contributed by atoms with Crippen LogP contribution in [0.4, 0.5) is 14.0 Å². The first kappa shape index (κ1) is 59.6. The van der Waals surface area contributed by atoms with Crippen LogP contribution in [0.5, 0.6) is 11.5 Å². The largest absolute Gasteiger partial charge is 0.459 e. The maximum absolute atomic E-state index is 15.1. The minimum absolute atomic E-state index is 0.0105. The summed E-state index contributed by atoms with van der Waals surface area (Å²) in [5, 5.41) is 28.1. The molecule has 1 saturated carbocycles. The maximum atomic E-state index is 15.1. The number of amides is 2. The van der Waals surface area contributed by atoms with Gasteiger partial charge in [-0.05, 0) is 96.5 Å². The molecule has 0 spiro atoms. The van der Waals surface area contributed by atoms with E-state index in [1.807, 2.05) is 72.8 Å². The minimum atomic E-state index is -1.61. The van der Waals surface area contributed by atoms with Gasteiger partial charge >= 0.3 is 12.2 Å². The van der Waals surface area contributed by atoms with Crippen LogP contribution in [0, 0.1) is 23.6 Å². The predicted molar refractivity (Wildman–Crippen MR) is 301 cm³/mol. The third kappa shape index (κ3) is 17.0. The van der Waals surface area contributed by atoms with Crippen molar-refractivity contribution in [2.45, 2.75) is 154 Å². The number of rotatable bonds is 34. The lowest BCUT2D eigenvalue weighted by atomic mass is 9.55. The van der Waals surface area contributed by atoms with E-state index in [-0.39, 0.29) is 70.4 Å². The van der Waals surface area contributed by atoms with Gasteiger partial charge in [0.15, 0.2) is 0 Å². The van der Waals surface area contributed by atoms with Crippen LogP contribution in [0.25, 0.3) is 0 Å². The molecule has 0 unspecified atom stereocenters. The van der Waals surface area contributed by atoms with Gasteiger partial charge in [0.25, 0.3) is 0 Å². The quantitative estimate of drug-likeness (QED) is 0.0234. The fraction of sp³-hybridized carbons (Fsp3) is 0.516. The summed E-state index contributed by atoms with van der Waals surface area (Å²) in [5.41, 5.74) is 4.79. The molecule has 3 aliphatic rings. The topological polar surface area (TPSA) is 158 Å². The number of carbonyl (C=O) groups is 2. The van der Waals surface area contributed by atoms with Gasteiger partial charge in [0.2, 0.25) is 5.79 Å². The van der Waals surface area contributed by atoms with Crippen molar-refractivity contribution in [3.05, 3.63) is 156 Å². The third-order valence-corrected chi connectivity index (χ3v) is 15.3. The summed E-state index contributed by atoms with van der Waals surface area (Å²) in [6, 6.07) is 30.0. The monoisotopic (exact) mass is 1070 g/mol. The van der Waals surface area contributed by atoms with E-state index < -0.39 is 35.8 Å². The number of hydrogen-bond donors (Lipinski definition) is 3. The zero-order valence-corrected chi connectivity index (χ0v) is 45.9. The lowest BCUT2D eigenvalue weighted by Crippen LogP contribution is -2.70. The number of halogens is 1. The number of nitrogens with zero attached hydrogens (tertiary/aromatic N) is 2. The molecule has 78 heavy (non-hydrogen) atoms. The van der Waals surface area contributed by atoms with Crippen LogP contribution in [-0.4, -0.2) is 84.4 Å². The van der Waals surface area contributed by atoms with Gasteiger partial charge in [-0.25, -0.2) is 14.0 Å². The van der Waals surface area contributed by atoms with E-state index in [0.717, 1.165) is 60.8 Å². The Bertz CT molecular complexity index is 2490. The van der Waals surface area contributed by atoms with Gasteiger partial charge in [0.1, 0.15) is 36.6 Å². The molecular formula is C64H84FN3O10. The first-order valence-electron chi connectivity index (χ1n) is 28.8. The highest BCUT2D eigenvalue weighted by Gasteiger charge is 2.65. The number of nitrogens with one attached hydrogen (secondary N) is 1. The Hall–Kier alpha value is -6.06. The van der Waals surface area contributed by atoms with Crippen LogP contribution in [-0.2, 0) is 38.8 Å². The minimum Gasteiger partial charge on any atom is -0.459 e. The summed E-state index contributed by atoms with van der Waals surface area (Å²) >= 11 is 0. The van der Waals surface area contributed by atoms with E-state index in [1.165, 1.54) is 57.1 Å². The summed E-state index contributed by atoms with van der Waals surface area (Å²) < 4.78 is 47.3. The molecule has 14 heteroatoms. The van der Waals surface area contributed by atoms with Crippen molar-refractivity contribution in [1.29, 1.82) is 0 Å². The zero-order valence-electron chi connectivity index (χ0n) is 45.9. The van der Waals surface area contributed by atoms with Crippen molar-refractivity contribution < 1.29 is 52.7 Å². The summed E-state index contributed by atoms with van der Waals surface area (Å²) in [7, 11) is 0. The zero-order chi connectivity index (χ0) is 54.8. The Balaban J connectivity index is 1.27. The standard InChI is InChI=1S/C64H84FN3O10/c1-3-5-6-7-8-9-10-11-12-21-36-66-62(71)77-53-34-35-58-56(43-53)60-54(29-20-23-38-70)51(28-19-22-37-69)42-55-57(67-76-47-50-26-17-14-18-27-50)44-59(64(78-58,61(55)60)75-39-4-2)68(45-48-30-32-52(65)33-31-48)63(72)74-41-40-73-46-49-24-15-13-16-25-49/h4,13-18,24-27,30-35,42-43,51,54,59-61,69-70H,2-3,5-12,19-23,28-29,36-41,44-47H2,1H3,(H,66,71)/t51-,54+,59-,60+,61+,64+/m0/s1. The number of unbranched alkanes of at least 4 members (excludes halogenated alkanes) is 11. The summed E-state index contributed by atoms with van der Waals surface area (Å²) in [5.74, 6) is -2.32. The van der Waals surface area contributed by atoms with Crippen LogP contribution >= 0.6 is 0 Å². The van der Waals surface area contributed by atoms with Crippen molar-refractivity contribution in [2.24, 2.45) is 22.9 Å². The normalized spacial score (nSPS) is 20.6. The molecule has 4 aromatic rings. The fourth-order valence-corrected chi connectivity index (χ4v) is 11.5. The average Bonchev–Trinajstić information content (AvgIpc) is 2.90. The van der Waals surface area contributed by atoms with Crippen molar-refractivity contribution >= 4 is 17.9 Å². The van der Waals surface area contributed by atoms with Crippen LogP contribution in [0.2, 0.25) is 0 Å². The number of oxime groups is 1. The Labute approximate surface area is 462 Å². The van der Waals surface area contributed by atoms with Gasteiger partial charge in [-0.2, -0.15) is 0 Å². The van der Waals surface area contributed by atoms with E-state index in [1.54, 1.807) is 29.2 Å². The number of ether oxygens (including phenoxy) is 5. The molecule has 1 fully saturated rings. The van der Waals surface area contributed by atoms with Gasteiger partial charge in [0.05, 0.1) is 31.5 Å². The highest BCUT2D eigenvalue weighted by molar-refractivity contribution is 6.03. The van der Waals surface area contributed by atoms with Crippen LogP contribution in [0.3, 0.4) is 0 Å². The van der Waals surface area contributed by atoms with Crippen LogP contribution in [0.1, 0.15) is 144 Å². The van der Waals surface area contributed by atoms with Crippen molar-refractivity contribution in [3.63, 3.8) is 0 Å². The molecule has 6 atom stereocenters. The van der Waals surface area contributed by atoms with E-state index in [2.05, 4.69) is 24.9 Å². The van der Waals surface area contributed by atoms with E-state index in [0.29, 0.717) is 55.2 Å². The highest BCUT2D eigenvalue weighted by atomic mass is 19.1. The molecule has 0 saturated heterocycles. The van der Waals surface area contributed by atoms with Gasteiger partial charge in [-0.1, -0.05) is 168 Å². The Morgan fingerprint density at radius 2 is 1.46 bits per heavy atom. The van der Waals surface area contributed by atoms with Gasteiger partial charge in [-0.3, -0.25) is 4.90 Å². The molecule has 0 aromatic heterocycles. The van der Waals surface area contributed by atoms with Crippen molar-refractivity contribution in [3.8, 4) is 11.5 Å². The fourth-order valence-electron chi connectivity index (χ4n) is 11.5. The van der Waals surface area contributed by atoms with Gasteiger partial charge < -0.3 is 44.1 Å². The SMILES string of the molecule is C=CCO[C@@]12Oc3ccc(OC(=O)NCCCCCCCCCCCC)cc3[C@H]3[C@H](CCCCO)[C@@H](CCCCO)C=C(C(=NOCc4ccccc4)C[C@@H]1N(Cc1ccc(F)cc1)C(=O)OCCOCc1ccccc1)[C@H]32. The lowest BCUT2D eigenvalue weighted by molar-refractivity contribution is -0.256. The number of aliphatic hydroxyl groups excluding tert-OH is 2. The lowest BCUT2D eigenvalue weighted by Gasteiger charge is -2.59. The van der Waals surface area contributed by atoms with Gasteiger partial charge in [-0.15, -0.1) is 6.58 Å². The molecule has 2 amide bonds. The Morgan fingerprint density at radius 3 is 2.14 bits per heavy atom. The average molecular weight is 1070 g/mol. The molecule has 422 valence electrons. The Kier molecular flexibility index (Phi) is 24.5. The predicted octanol–water partition coefficient (Wildman–Crippen LogP) is 13.5. The maximum Gasteiger partial charge on any atom is 0.412 e. The van der Waals surface area contributed by atoms with E-state index in [4.69, 9.17) is 33.7 Å². The number of hydrogen-bond acceptors (Lipinski definition) is 11. The molecular weight excluding hydrogens is 990 g/mol. The molecule has 0 radical (unpaired) electrons. The molecule has 1 heterocycles. The third-order valence-electron chi connectivity index (χ3n) is 15.3. The highest BCUT2D eigenvalue weighted by Crippen LogP contribution is 2.62. The molecule has 1 aliphatic heterocycles. The van der Waals surface area contributed by atoms with E-state index >= 15 is 4.79 Å². The first-order valence-corrected chi connectivity index (χ1v) is 28.8. The molecule has 0 bridgehead atoms. The van der Waals surface area contributed by atoms with Crippen molar-refractivity contribution in [1.82, 2.24) is 10.2 Å². The second kappa shape index (κ2) is 32.1. The smallest absolute Gasteiger partial charge is 0.412 e. The number of fused-ring (bicyclic) bond motifs is 2. The van der Waals surface area contributed by atoms with E-state index in [9.17, 15) is 19.4 Å².